The molecule has 8 rings (SSSR count). The van der Waals surface area contributed by atoms with Crippen molar-refractivity contribution in [2.24, 2.45) is 0 Å². The minimum absolute atomic E-state index is 0.0984. The molecule has 2 aromatic carbocycles. The topological polar surface area (TPSA) is 108 Å². The Morgan fingerprint density at radius 1 is 0.725 bits per heavy atom. The van der Waals surface area contributed by atoms with Gasteiger partial charge in [-0.3, -0.25) is 4.55 Å². The fourth-order valence-electron chi connectivity index (χ4n) is 8.50. The summed E-state index contributed by atoms with van der Waals surface area (Å²) in [6, 6.07) is 9.79. The van der Waals surface area contributed by atoms with Gasteiger partial charge in [0.15, 0.2) is 0 Å². The van der Waals surface area contributed by atoms with Crippen molar-refractivity contribution in [1.29, 1.82) is 0 Å². The predicted octanol–water partition coefficient (Wildman–Crippen LogP) is 5.26. The number of esters is 1. The second-order valence-corrected chi connectivity index (χ2v) is 14.0. The van der Waals surface area contributed by atoms with Crippen LogP contribution in [-0.2, 0) is 24.3 Å². The molecular weight excluding hydrogens is 532 g/mol. The summed E-state index contributed by atoms with van der Waals surface area (Å²) in [4.78, 5) is 13.9. The van der Waals surface area contributed by atoms with E-state index in [1.807, 2.05) is 0 Å². The van der Waals surface area contributed by atoms with Crippen LogP contribution in [0, 0.1) is 0 Å². The number of hydrogen-bond acceptors (Lipinski definition) is 7. The molecule has 40 heavy (non-hydrogen) atoms. The molecule has 0 aliphatic carbocycles. The summed E-state index contributed by atoms with van der Waals surface area (Å²) >= 11 is 0. The molecule has 0 aromatic heterocycles. The predicted molar refractivity (Wildman–Crippen MR) is 143 cm³/mol. The highest BCUT2D eigenvalue weighted by atomic mass is 32.2. The summed E-state index contributed by atoms with van der Waals surface area (Å²) in [6.45, 7) is 0. The first-order valence-electron chi connectivity index (χ1n) is 14.7. The molecular formula is C31H34O8S. The lowest BCUT2D eigenvalue weighted by Gasteiger charge is -2.30. The maximum Gasteiger partial charge on any atom is 0.344 e. The normalized spacial score (nSPS) is 37.5. The molecule has 0 amide bonds. The Hall–Kier alpha value is -2.30. The van der Waals surface area contributed by atoms with Crippen LogP contribution in [0.3, 0.4) is 0 Å². The van der Waals surface area contributed by atoms with E-state index in [0.717, 1.165) is 68.9 Å². The van der Waals surface area contributed by atoms with Gasteiger partial charge in [-0.25, -0.2) is 4.79 Å². The second kappa shape index (κ2) is 9.36. The van der Waals surface area contributed by atoms with Gasteiger partial charge in [0.2, 0.25) is 0 Å². The zero-order valence-electron chi connectivity index (χ0n) is 22.2. The molecule has 6 fully saturated rings. The van der Waals surface area contributed by atoms with Gasteiger partial charge in [0.25, 0.3) is 10.1 Å². The highest BCUT2D eigenvalue weighted by molar-refractivity contribution is 7.85. The molecule has 6 heterocycles. The van der Waals surface area contributed by atoms with E-state index in [9.17, 15) is 17.8 Å². The number of hydrogen-bond donors (Lipinski definition) is 1. The van der Waals surface area contributed by atoms with E-state index in [0.29, 0.717) is 17.6 Å². The van der Waals surface area contributed by atoms with Gasteiger partial charge in [0.05, 0.1) is 47.1 Å². The smallest absolute Gasteiger partial charge is 0.344 e. The average molecular weight is 567 g/mol. The van der Waals surface area contributed by atoms with Crippen LogP contribution in [0.4, 0.5) is 0 Å². The third kappa shape index (κ3) is 4.24. The zero-order valence-corrected chi connectivity index (χ0v) is 23.1. The maximum absolute atomic E-state index is 14.1. The molecule has 9 heteroatoms. The number of carbonyl (C=O) groups is 1. The molecule has 212 valence electrons. The number of carbonyl (C=O) groups excluding carboxylic acids is 1. The van der Waals surface area contributed by atoms with Crippen molar-refractivity contribution in [1.82, 2.24) is 0 Å². The summed E-state index contributed by atoms with van der Waals surface area (Å²) < 4.78 is 57.1. The van der Waals surface area contributed by atoms with Crippen molar-refractivity contribution >= 4 is 16.1 Å². The van der Waals surface area contributed by atoms with Gasteiger partial charge in [-0.05, 0) is 98.7 Å². The fourth-order valence-corrected chi connectivity index (χ4v) is 8.98. The molecule has 6 aliphatic heterocycles. The summed E-state index contributed by atoms with van der Waals surface area (Å²) in [5, 5.41) is 0. The molecule has 0 radical (unpaired) electrons. The quantitative estimate of drug-likeness (QED) is 0.287. The Morgan fingerprint density at radius 2 is 1.20 bits per heavy atom. The van der Waals surface area contributed by atoms with Crippen molar-refractivity contribution in [3.05, 3.63) is 58.7 Å². The second-order valence-electron chi connectivity index (χ2n) is 12.6. The van der Waals surface area contributed by atoms with Crippen LogP contribution in [0.15, 0.2) is 41.3 Å². The molecule has 8 nitrogen and oxygen atoms in total. The number of ether oxygens (including phenoxy) is 4. The lowest BCUT2D eigenvalue weighted by atomic mass is 9.73. The van der Waals surface area contributed by atoms with Crippen molar-refractivity contribution in [3.63, 3.8) is 0 Å². The molecule has 1 N–H and O–H groups in total. The van der Waals surface area contributed by atoms with Gasteiger partial charge in [-0.2, -0.15) is 8.42 Å². The molecule has 9 unspecified atom stereocenters. The van der Waals surface area contributed by atoms with Crippen LogP contribution >= 0.6 is 0 Å². The number of benzene rings is 2. The Balaban J connectivity index is 1.23. The molecule has 0 spiro atoms. The summed E-state index contributed by atoms with van der Waals surface area (Å²) in [5.41, 5.74) is 3.92. The van der Waals surface area contributed by atoms with Crippen LogP contribution in [0.1, 0.15) is 103 Å². The Bertz CT molecular complexity index is 1400. The average Bonchev–Trinajstić information content (AvgIpc) is 3.80. The van der Waals surface area contributed by atoms with E-state index in [2.05, 4.69) is 12.1 Å². The van der Waals surface area contributed by atoms with Gasteiger partial charge in [0, 0.05) is 17.8 Å². The first-order valence-corrected chi connectivity index (χ1v) is 16.2. The van der Waals surface area contributed by atoms with Gasteiger partial charge < -0.3 is 18.9 Å². The van der Waals surface area contributed by atoms with Crippen LogP contribution in [0.25, 0.3) is 0 Å². The minimum Gasteiger partial charge on any atom is -0.423 e. The third-order valence-corrected chi connectivity index (χ3v) is 11.2. The van der Waals surface area contributed by atoms with Gasteiger partial charge in [-0.1, -0.05) is 12.1 Å². The molecule has 2 aromatic rings. The highest BCUT2D eigenvalue weighted by Crippen LogP contribution is 2.52. The summed E-state index contributed by atoms with van der Waals surface area (Å²) in [7, 11) is -4.34. The lowest BCUT2D eigenvalue weighted by Crippen LogP contribution is -2.26. The molecule has 0 saturated carbocycles. The number of fused-ring (bicyclic) bond motifs is 6. The van der Waals surface area contributed by atoms with Gasteiger partial charge in [-0.15, -0.1) is 0 Å². The lowest BCUT2D eigenvalue weighted by molar-refractivity contribution is 0.0728. The van der Waals surface area contributed by atoms with Crippen LogP contribution < -0.4 is 4.74 Å². The maximum atomic E-state index is 14.1. The minimum atomic E-state index is -4.34. The Kier molecular flexibility index (Phi) is 5.95. The van der Waals surface area contributed by atoms with Crippen LogP contribution in [-0.4, -0.2) is 55.6 Å². The molecule has 6 bridgehead atoms. The largest absolute Gasteiger partial charge is 0.423 e. The SMILES string of the molecule is O=C(Oc1ccc(S(=O)(=O)O)cc1)c1c(C2CC3CCC2O3)cc(C2CC3CCC2O3)cc1C1CC2CCC1O2. The van der Waals surface area contributed by atoms with E-state index in [-0.39, 0.29) is 53.0 Å². The molecule has 6 aliphatic rings. The van der Waals surface area contributed by atoms with Crippen molar-refractivity contribution < 1.29 is 36.7 Å². The van der Waals surface area contributed by atoms with E-state index < -0.39 is 16.1 Å². The summed E-state index contributed by atoms with van der Waals surface area (Å²) in [5.74, 6) is 0.370. The monoisotopic (exact) mass is 566 g/mol. The van der Waals surface area contributed by atoms with E-state index in [4.69, 9.17) is 18.9 Å². The standard InChI is InChI=1S/C31H34O8S/c32-31(39-17-1-6-21(7-2-17)40(33,34)35)30-25(23-14-19-4-9-28(23)37-19)11-16(22-13-18-3-8-27(22)36-18)12-26(30)24-15-20-5-10-29(24)38-20/h1-2,6-7,11-12,18-20,22-24,27-29H,3-5,8-10,13-15H2,(H,33,34,35). The summed E-state index contributed by atoms with van der Waals surface area (Å²) in [6.07, 6.45) is 10.4. The molecule has 6 saturated heterocycles. The van der Waals surface area contributed by atoms with Gasteiger partial charge in [0.1, 0.15) is 5.75 Å². The Morgan fingerprint density at radius 3 is 1.60 bits per heavy atom. The zero-order chi connectivity index (χ0) is 27.2. The van der Waals surface area contributed by atoms with Crippen molar-refractivity contribution in [2.75, 3.05) is 0 Å². The fraction of sp³-hybridized carbons (Fsp3) is 0.581. The third-order valence-electron chi connectivity index (χ3n) is 10.3. The first-order chi connectivity index (χ1) is 19.3. The number of rotatable bonds is 6. The van der Waals surface area contributed by atoms with Crippen LogP contribution in [0.5, 0.6) is 5.75 Å². The first kappa shape index (κ1) is 25.4. The van der Waals surface area contributed by atoms with E-state index in [1.54, 1.807) is 0 Å². The van der Waals surface area contributed by atoms with Crippen molar-refractivity contribution in [2.45, 2.75) is 117 Å². The van der Waals surface area contributed by atoms with E-state index >= 15 is 0 Å². The van der Waals surface area contributed by atoms with E-state index in [1.165, 1.54) is 29.8 Å². The highest BCUT2D eigenvalue weighted by Gasteiger charge is 2.48. The van der Waals surface area contributed by atoms with Gasteiger partial charge >= 0.3 is 5.97 Å². The van der Waals surface area contributed by atoms with Crippen molar-refractivity contribution in [3.8, 4) is 5.75 Å². The molecule has 9 atom stereocenters. The Labute approximate surface area is 234 Å². The van der Waals surface area contributed by atoms with Crippen LogP contribution in [0.2, 0.25) is 0 Å².